The molecular formula is C19H25BrN4O3S. The highest BCUT2D eigenvalue weighted by Crippen LogP contribution is 2.38. The monoisotopic (exact) mass is 468 g/mol. The molecule has 28 heavy (non-hydrogen) atoms. The van der Waals surface area contributed by atoms with Gasteiger partial charge in [0, 0.05) is 44.3 Å². The molecule has 1 aliphatic rings. The van der Waals surface area contributed by atoms with Crippen molar-refractivity contribution in [1.29, 1.82) is 0 Å². The minimum absolute atomic E-state index is 0.151. The molecule has 0 saturated carbocycles. The summed E-state index contributed by atoms with van der Waals surface area (Å²) in [6, 6.07) is 3.48. The van der Waals surface area contributed by atoms with Gasteiger partial charge in [0.05, 0.1) is 11.4 Å². The van der Waals surface area contributed by atoms with Gasteiger partial charge >= 0.3 is 0 Å². The summed E-state index contributed by atoms with van der Waals surface area (Å²) in [5.41, 5.74) is 4.40. The van der Waals surface area contributed by atoms with Crippen molar-refractivity contribution in [2.75, 3.05) is 25.0 Å². The van der Waals surface area contributed by atoms with E-state index in [-0.39, 0.29) is 10.8 Å². The fraction of sp³-hybridized carbons (Fsp3) is 0.474. The Morgan fingerprint density at radius 2 is 2.00 bits per heavy atom. The van der Waals surface area contributed by atoms with Gasteiger partial charge in [0.25, 0.3) is 0 Å². The van der Waals surface area contributed by atoms with Crippen LogP contribution in [0.1, 0.15) is 29.4 Å². The largest absolute Gasteiger partial charge is 0.311 e. The van der Waals surface area contributed by atoms with Gasteiger partial charge in [-0.1, -0.05) is 15.9 Å². The van der Waals surface area contributed by atoms with E-state index < -0.39 is 10.0 Å². The smallest absolute Gasteiger partial charge is 0.244 e. The zero-order valence-corrected chi connectivity index (χ0v) is 19.2. The lowest BCUT2D eigenvalue weighted by Gasteiger charge is -2.23. The number of aryl methyl sites for hydroxylation is 2. The summed E-state index contributed by atoms with van der Waals surface area (Å²) < 4.78 is 30.6. The Morgan fingerprint density at radius 3 is 2.57 bits per heavy atom. The van der Waals surface area contributed by atoms with Gasteiger partial charge in [-0.3, -0.25) is 9.48 Å². The average molecular weight is 469 g/mol. The van der Waals surface area contributed by atoms with Crippen LogP contribution in [0.25, 0.3) is 0 Å². The van der Waals surface area contributed by atoms with Crippen LogP contribution in [-0.2, 0) is 34.7 Å². The van der Waals surface area contributed by atoms with E-state index in [1.54, 1.807) is 18.0 Å². The maximum Gasteiger partial charge on any atom is 0.244 e. The Hall–Kier alpha value is -1.71. The maximum atomic E-state index is 13.4. The summed E-state index contributed by atoms with van der Waals surface area (Å²) in [4.78, 5) is 13.8. The number of carbonyl (C=O) groups is 1. The highest BCUT2D eigenvalue weighted by atomic mass is 79.9. The van der Waals surface area contributed by atoms with Crippen molar-refractivity contribution < 1.29 is 13.2 Å². The van der Waals surface area contributed by atoms with Crippen LogP contribution in [0.2, 0.25) is 0 Å². The highest BCUT2D eigenvalue weighted by Gasteiger charge is 2.33. The van der Waals surface area contributed by atoms with Crippen LogP contribution in [0.5, 0.6) is 0 Å². The molecule has 0 radical (unpaired) electrons. The molecule has 7 nitrogen and oxygen atoms in total. The van der Waals surface area contributed by atoms with Crippen LogP contribution in [0.3, 0.4) is 0 Å². The average Bonchev–Trinajstić information content (AvgIpc) is 3.13. The lowest BCUT2D eigenvalue weighted by Crippen LogP contribution is -2.32. The van der Waals surface area contributed by atoms with Crippen LogP contribution >= 0.6 is 15.9 Å². The summed E-state index contributed by atoms with van der Waals surface area (Å²) >= 11 is 3.41. The molecular weight excluding hydrogens is 444 g/mol. The Labute approximate surface area is 174 Å². The minimum Gasteiger partial charge on any atom is -0.311 e. The third-order valence-electron chi connectivity index (χ3n) is 5.40. The number of likely N-dealkylation sites (N-methyl/N-ethyl adjacent to an activating group) is 1. The molecule has 3 rings (SSSR count). The van der Waals surface area contributed by atoms with Crippen molar-refractivity contribution in [3.8, 4) is 0 Å². The number of nitrogens with zero attached hydrogens (tertiary/aromatic N) is 4. The Bertz CT molecular complexity index is 1050. The molecule has 9 heteroatoms. The molecule has 152 valence electrons. The minimum atomic E-state index is -3.76. The van der Waals surface area contributed by atoms with E-state index in [4.69, 9.17) is 0 Å². The fourth-order valence-electron chi connectivity index (χ4n) is 3.72. The van der Waals surface area contributed by atoms with Crippen molar-refractivity contribution in [3.05, 3.63) is 39.1 Å². The number of anilines is 1. The first-order chi connectivity index (χ1) is 13.0. The quantitative estimate of drug-likeness (QED) is 0.675. The standard InChI is InChI=1S/C19H25BrN4O3S/c1-12-17(13(2)23(5)21-12)7-8-22(4)28(26,27)18-11-16(20)10-15-6-9-24(14(3)25)19(15)18/h10-11H,6-9H2,1-5H3. The summed E-state index contributed by atoms with van der Waals surface area (Å²) in [5, 5.41) is 4.40. The van der Waals surface area contributed by atoms with Gasteiger partial charge in [0.1, 0.15) is 4.90 Å². The van der Waals surface area contributed by atoms with Crippen molar-refractivity contribution in [2.45, 2.75) is 38.5 Å². The van der Waals surface area contributed by atoms with Crippen LogP contribution in [0.15, 0.2) is 21.5 Å². The number of amides is 1. The predicted molar refractivity (Wildman–Crippen MR) is 112 cm³/mol. The molecule has 0 spiro atoms. The first-order valence-electron chi connectivity index (χ1n) is 9.10. The second kappa shape index (κ2) is 7.61. The molecule has 0 N–H and O–H groups in total. The van der Waals surface area contributed by atoms with Crippen molar-refractivity contribution in [2.24, 2.45) is 7.05 Å². The number of aromatic nitrogens is 2. The van der Waals surface area contributed by atoms with Gasteiger partial charge in [-0.2, -0.15) is 5.10 Å². The summed E-state index contributed by atoms with van der Waals surface area (Å²) in [5.74, 6) is -0.151. The molecule has 0 aliphatic carbocycles. The molecule has 1 aromatic carbocycles. The van der Waals surface area contributed by atoms with Gasteiger partial charge in [-0.25, -0.2) is 12.7 Å². The van der Waals surface area contributed by atoms with Crippen LogP contribution in [-0.4, -0.2) is 48.5 Å². The topological polar surface area (TPSA) is 75.5 Å². The van der Waals surface area contributed by atoms with Gasteiger partial charge in [0.2, 0.25) is 15.9 Å². The first kappa shape index (κ1) is 21.0. The van der Waals surface area contributed by atoms with E-state index in [0.717, 1.165) is 22.5 Å². The molecule has 2 aromatic rings. The molecule has 0 fully saturated rings. The number of rotatable bonds is 5. The second-order valence-electron chi connectivity index (χ2n) is 7.18. The SMILES string of the molecule is CC(=O)N1CCc2cc(Br)cc(S(=O)(=O)N(C)CCc3c(C)nn(C)c3C)c21. The number of benzene rings is 1. The number of hydrogen-bond donors (Lipinski definition) is 0. The highest BCUT2D eigenvalue weighted by molar-refractivity contribution is 9.10. The van der Waals surface area contributed by atoms with E-state index in [1.165, 1.54) is 11.2 Å². The Kier molecular flexibility index (Phi) is 5.71. The molecule has 1 amide bonds. The number of halogens is 1. The summed E-state index contributed by atoms with van der Waals surface area (Å²) in [6.45, 7) is 6.21. The zero-order chi connectivity index (χ0) is 20.8. The van der Waals surface area contributed by atoms with E-state index in [0.29, 0.717) is 36.1 Å². The van der Waals surface area contributed by atoms with Crippen molar-refractivity contribution in [3.63, 3.8) is 0 Å². The van der Waals surface area contributed by atoms with E-state index in [1.807, 2.05) is 31.6 Å². The molecule has 1 aliphatic heterocycles. The molecule has 2 heterocycles. The molecule has 0 unspecified atom stereocenters. The van der Waals surface area contributed by atoms with Crippen LogP contribution < -0.4 is 4.90 Å². The third-order valence-corrected chi connectivity index (χ3v) is 7.73. The Morgan fingerprint density at radius 1 is 1.32 bits per heavy atom. The lowest BCUT2D eigenvalue weighted by atomic mass is 10.1. The molecule has 0 atom stereocenters. The van der Waals surface area contributed by atoms with E-state index in [9.17, 15) is 13.2 Å². The zero-order valence-electron chi connectivity index (χ0n) is 16.8. The first-order valence-corrected chi connectivity index (χ1v) is 11.3. The van der Waals surface area contributed by atoms with Gasteiger partial charge < -0.3 is 4.90 Å². The molecule has 1 aromatic heterocycles. The second-order valence-corrected chi connectivity index (χ2v) is 10.1. The fourth-order valence-corrected chi connectivity index (χ4v) is 5.80. The molecule has 0 saturated heterocycles. The molecule has 0 bridgehead atoms. The summed E-state index contributed by atoms with van der Waals surface area (Å²) in [7, 11) is -0.298. The number of carbonyl (C=O) groups excluding carboxylic acids is 1. The van der Waals surface area contributed by atoms with Crippen LogP contribution in [0.4, 0.5) is 5.69 Å². The number of fused-ring (bicyclic) bond motifs is 1. The number of sulfonamides is 1. The van der Waals surface area contributed by atoms with E-state index >= 15 is 0 Å². The van der Waals surface area contributed by atoms with Gasteiger partial charge in [-0.15, -0.1) is 0 Å². The van der Waals surface area contributed by atoms with Gasteiger partial charge in [0.15, 0.2) is 0 Å². The predicted octanol–water partition coefficient (Wildman–Crippen LogP) is 2.57. The maximum absolute atomic E-state index is 13.4. The normalized spacial score (nSPS) is 14.0. The third kappa shape index (κ3) is 3.62. The lowest BCUT2D eigenvalue weighted by molar-refractivity contribution is -0.116. The van der Waals surface area contributed by atoms with Crippen molar-refractivity contribution >= 4 is 37.5 Å². The summed E-state index contributed by atoms with van der Waals surface area (Å²) in [6.07, 6.45) is 1.22. The van der Waals surface area contributed by atoms with Crippen LogP contribution in [0, 0.1) is 13.8 Å². The number of hydrogen-bond acceptors (Lipinski definition) is 4. The van der Waals surface area contributed by atoms with Gasteiger partial charge in [-0.05, 0) is 49.9 Å². The Balaban J connectivity index is 1.94. The van der Waals surface area contributed by atoms with Crippen molar-refractivity contribution in [1.82, 2.24) is 14.1 Å². The van der Waals surface area contributed by atoms with E-state index in [2.05, 4.69) is 21.0 Å².